The number of unbranched alkanes of at least 4 members (excludes halogenated alkanes) is 2. The third-order valence-electron chi connectivity index (χ3n) is 2.10. The van der Waals surface area contributed by atoms with E-state index in [1.54, 1.807) is 0 Å². The van der Waals surface area contributed by atoms with Gasteiger partial charge in [0, 0.05) is 12.3 Å². The van der Waals surface area contributed by atoms with Crippen molar-refractivity contribution in [3.05, 3.63) is 5.92 Å². The molecule has 0 aliphatic heterocycles. The summed E-state index contributed by atoms with van der Waals surface area (Å²) in [5.74, 6) is 1.01. The molecule has 0 aromatic rings. The fourth-order valence-corrected chi connectivity index (χ4v) is 1.23. The smallest absolute Gasteiger partial charge is 0.120 e. The zero-order valence-electron chi connectivity index (χ0n) is 9.38. The number of carbonyl (C=O) groups excluding carboxylic acids is 1. The molecular formula is C11H20NO2. The molecule has 0 spiro atoms. The number of rotatable bonds is 8. The summed E-state index contributed by atoms with van der Waals surface area (Å²) in [7, 11) is 1.54. The Morgan fingerprint density at radius 1 is 1.43 bits per heavy atom. The number of nitrogens with zero attached hydrogens (tertiary/aromatic N) is 1. The predicted octanol–water partition coefficient (Wildman–Crippen LogP) is 2.75. The Balaban J connectivity index is 4.00. The number of aldehydes is 1. The molecule has 0 atom stereocenters. The molecular weight excluding hydrogens is 178 g/mol. The first-order valence-corrected chi connectivity index (χ1v) is 5.12. The van der Waals surface area contributed by atoms with Gasteiger partial charge < -0.3 is 9.63 Å². The first-order valence-electron chi connectivity index (χ1n) is 5.12. The van der Waals surface area contributed by atoms with E-state index < -0.39 is 0 Å². The minimum Gasteiger partial charge on any atom is -0.399 e. The molecule has 0 aliphatic rings. The van der Waals surface area contributed by atoms with Crippen molar-refractivity contribution in [1.29, 1.82) is 0 Å². The third kappa shape index (κ3) is 5.73. The molecule has 0 N–H and O–H groups in total. The lowest BCUT2D eigenvalue weighted by Gasteiger charge is -2.09. The molecule has 0 rings (SSSR count). The van der Waals surface area contributed by atoms with Crippen LogP contribution in [0.15, 0.2) is 5.16 Å². The van der Waals surface area contributed by atoms with E-state index >= 15 is 0 Å². The highest BCUT2D eigenvalue weighted by Crippen LogP contribution is 2.12. The fraction of sp³-hybridized carbons (Fsp3) is 0.727. The van der Waals surface area contributed by atoms with E-state index in [1.165, 1.54) is 20.0 Å². The Labute approximate surface area is 86.5 Å². The number of hydrogen-bond donors (Lipinski definition) is 0. The Kier molecular flexibility index (Phi) is 8.19. The van der Waals surface area contributed by atoms with E-state index in [0.29, 0.717) is 6.42 Å². The van der Waals surface area contributed by atoms with Gasteiger partial charge in [0.15, 0.2) is 0 Å². The van der Waals surface area contributed by atoms with Crippen LogP contribution in [0.25, 0.3) is 0 Å². The van der Waals surface area contributed by atoms with Gasteiger partial charge in [0.25, 0.3) is 0 Å². The van der Waals surface area contributed by atoms with Crippen molar-refractivity contribution < 1.29 is 9.63 Å². The van der Waals surface area contributed by atoms with Gasteiger partial charge in [-0.1, -0.05) is 31.8 Å². The topological polar surface area (TPSA) is 38.7 Å². The molecule has 3 heteroatoms. The Hall–Kier alpha value is -0.860. The van der Waals surface area contributed by atoms with Gasteiger partial charge in [0.2, 0.25) is 0 Å². The molecule has 0 heterocycles. The lowest BCUT2D eigenvalue weighted by Crippen LogP contribution is -2.10. The highest BCUT2D eigenvalue weighted by molar-refractivity contribution is 5.97. The zero-order chi connectivity index (χ0) is 10.8. The van der Waals surface area contributed by atoms with Crippen LogP contribution < -0.4 is 0 Å². The SMILES string of the molecule is CCCCCC(=NOC)[C](C)CC=O. The zero-order valence-corrected chi connectivity index (χ0v) is 9.38. The molecule has 0 aromatic carbocycles. The van der Waals surface area contributed by atoms with Crippen LogP contribution in [-0.4, -0.2) is 19.1 Å². The summed E-state index contributed by atoms with van der Waals surface area (Å²) in [4.78, 5) is 15.1. The van der Waals surface area contributed by atoms with E-state index in [4.69, 9.17) is 4.84 Å². The molecule has 81 valence electrons. The average Bonchev–Trinajstić information content (AvgIpc) is 2.17. The summed E-state index contributed by atoms with van der Waals surface area (Å²) in [5, 5.41) is 3.94. The van der Waals surface area contributed by atoms with E-state index in [1.807, 2.05) is 6.92 Å². The second-order valence-corrected chi connectivity index (χ2v) is 3.33. The maximum absolute atomic E-state index is 10.3. The number of hydrogen-bond acceptors (Lipinski definition) is 3. The van der Waals surface area contributed by atoms with Gasteiger partial charge in [0.1, 0.15) is 13.4 Å². The van der Waals surface area contributed by atoms with E-state index in [0.717, 1.165) is 30.8 Å². The van der Waals surface area contributed by atoms with Crippen molar-refractivity contribution in [2.45, 2.75) is 46.0 Å². The van der Waals surface area contributed by atoms with Gasteiger partial charge in [0.05, 0.1) is 5.71 Å². The molecule has 14 heavy (non-hydrogen) atoms. The maximum Gasteiger partial charge on any atom is 0.120 e. The van der Waals surface area contributed by atoms with E-state index in [2.05, 4.69) is 12.1 Å². The summed E-state index contributed by atoms with van der Waals surface area (Å²) < 4.78 is 0. The van der Waals surface area contributed by atoms with Crippen molar-refractivity contribution in [3.8, 4) is 0 Å². The van der Waals surface area contributed by atoms with Crippen molar-refractivity contribution in [1.82, 2.24) is 0 Å². The maximum atomic E-state index is 10.3. The second kappa shape index (κ2) is 8.73. The number of carbonyl (C=O) groups is 1. The Morgan fingerprint density at radius 2 is 2.14 bits per heavy atom. The van der Waals surface area contributed by atoms with Gasteiger partial charge in [-0.2, -0.15) is 0 Å². The van der Waals surface area contributed by atoms with Gasteiger partial charge in [-0.3, -0.25) is 0 Å². The Bertz CT molecular complexity index is 178. The van der Waals surface area contributed by atoms with Crippen LogP contribution in [0.3, 0.4) is 0 Å². The molecule has 0 fully saturated rings. The molecule has 0 aliphatic carbocycles. The van der Waals surface area contributed by atoms with Crippen LogP contribution in [0.5, 0.6) is 0 Å². The van der Waals surface area contributed by atoms with Crippen LogP contribution >= 0.6 is 0 Å². The fourth-order valence-electron chi connectivity index (χ4n) is 1.23. The molecule has 0 saturated heterocycles. The Morgan fingerprint density at radius 3 is 2.64 bits per heavy atom. The van der Waals surface area contributed by atoms with Gasteiger partial charge >= 0.3 is 0 Å². The van der Waals surface area contributed by atoms with E-state index in [9.17, 15) is 4.79 Å². The van der Waals surface area contributed by atoms with Crippen LogP contribution in [0.4, 0.5) is 0 Å². The summed E-state index contributed by atoms with van der Waals surface area (Å²) in [6, 6.07) is 0. The average molecular weight is 198 g/mol. The highest BCUT2D eigenvalue weighted by atomic mass is 16.6. The van der Waals surface area contributed by atoms with Crippen LogP contribution in [0.2, 0.25) is 0 Å². The molecule has 0 aromatic heterocycles. The highest BCUT2D eigenvalue weighted by Gasteiger charge is 2.11. The van der Waals surface area contributed by atoms with E-state index in [-0.39, 0.29) is 0 Å². The molecule has 0 saturated carbocycles. The number of oxime groups is 1. The normalized spacial score (nSPS) is 11.9. The van der Waals surface area contributed by atoms with Gasteiger partial charge in [-0.15, -0.1) is 0 Å². The van der Waals surface area contributed by atoms with Crippen LogP contribution in [-0.2, 0) is 9.63 Å². The van der Waals surface area contributed by atoms with Crippen molar-refractivity contribution in [2.75, 3.05) is 7.11 Å². The van der Waals surface area contributed by atoms with Crippen molar-refractivity contribution >= 4 is 12.0 Å². The first-order chi connectivity index (χ1) is 6.76. The van der Waals surface area contributed by atoms with Gasteiger partial charge in [-0.25, -0.2) is 0 Å². The minimum absolute atomic E-state index is 0.453. The lowest BCUT2D eigenvalue weighted by molar-refractivity contribution is -0.107. The quantitative estimate of drug-likeness (QED) is 0.260. The van der Waals surface area contributed by atoms with Crippen LogP contribution in [0, 0.1) is 5.92 Å². The summed E-state index contributed by atoms with van der Waals surface area (Å²) >= 11 is 0. The summed E-state index contributed by atoms with van der Waals surface area (Å²) in [5.41, 5.74) is 0.924. The van der Waals surface area contributed by atoms with Crippen molar-refractivity contribution in [2.24, 2.45) is 5.16 Å². The van der Waals surface area contributed by atoms with Crippen molar-refractivity contribution in [3.63, 3.8) is 0 Å². The predicted molar refractivity (Wildman–Crippen MR) is 58.2 cm³/mol. The lowest BCUT2D eigenvalue weighted by atomic mass is 9.98. The standard InChI is InChI=1S/C11H20NO2/c1-4-5-6-7-11(12-14-3)10(2)8-9-13/h9H,4-8H2,1-3H3. The summed E-state index contributed by atoms with van der Waals surface area (Å²) in [6.07, 6.45) is 5.75. The second-order valence-electron chi connectivity index (χ2n) is 3.33. The third-order valence-corrected chi connectivity index (χ3v) is 2.10. The first kappa shape index (κ1) is 13.1. The molecule has 3 nitrogen and oxygen atoms in total. The largest absolute Gasteiger partial charge is 0.399 e. The van der Waals surface area contributed by atoms with Crippen LogP contribution in [0.1, 0.15) is 46.0 Å². The monoisotopic (exact) mass is 198 g/mol. The molecule has 1 radical (unpaired) electrons. The molecule has 0 unspecified atom stereocenters. The summed E-state index contributed by atoms with van der Waals surface area (Å²) in [6.45, 7) is 4.09. The van der Waals surface area contributed by atoms with Gasteiger partial charge in [-0.05, 0) is 12.8 Å². The minimum atomic E-state index is 0.453. The molecule has 0 bridgehead atoms. The molecule has 0 amide bonds.